The molecular weight excluding hydrogens is 469 g/mol. The largest absolute Gasteiger partial charge is 0.437 e. The molecule has 1 amide bonds. The number of nitrogens with zero attached hydrogens (tertiary/aromatic N) is 2. The molecule has 1 heterocycles. The molecule has 1 aromatic heterocycles. The van der Waals surface area contributed by atoms with Gasteiger partial charge in [-0.1, -0.05) is 41.4 Å². The van der Waals surface area contributed by atoms with Gasteiger partial charge in [0.2, 0.25) is 5.55 Å². The highest BCUT2D eigenvalue weighted by molar-refractivity contribution is 6.44. The van der Waals surface area contributed by atoms with Crippen molar-refractivity contribution in [2.75, 3.05) is 23.3 Å². The van der Waals surface area contributed by atoms with Gasteiger partial charge in [-0.25, -0.2) is 4.99 Å². The zero-order chi connectivity index (χ0) is 24.2. The number of aryl methyl sites for hydroxylation is 1. The molecule has 0 fully saturated rings. The van der Waals surface area contributed by atoms with Gasteiger partial charge in [-0.15, -0.1) is 0 Å². The number of benzene rings is 3. The number of carbonyl (C=O) groups excluding carboxylic acids is 1. The fourth-order valence-electron chi connectivity index (χ4n) is 3.74. The van der Waals surface area contributed by atoms with E-state index in [1.807, 2.05) is 49.4 Å². The van der Waals surface area contributed by atoms with Crippen LogP contribution in [0.4, 0.5) is 17.1 Å². The lowest BCUT2D eigenvalue weighted by atomic mass is 10.1. The van der Waals surface area contributed by atoms with Crippen LogP contribution in [0.5, 0.6) is 0 Å². The lowest BCUT2D eigenvalue weighted by Gasteiger charge is -2.21. The van der Waals surface area contributed by atoms with E-state index >= 15 is 0 Å². The Kier molecular flexibility index (Phi) is 7.25. The van der Waals surface area contributed by atoms with Crippen LogP contribution in [0, 0.1) is 6.92 Å². The number of amides is 1. The van der Waals surface area contributed by atoms with Gasteiger partial charge in [-0.3, -0.25) is 4.79 Å². The van der Waals surface area contributed by atoms with E-state index in [9.17, 15) is 4.79 Å². The summed E-state index contributed by atoms with van der Waals surface area (Å²) < 4.78 is 6.22. The fourth-order valence-corrected chi connectivity index (χ4v) is 4.09. The van der Waals surface area contributed by atoms with Crippen molar-refractivity contribution < 1.29 is 9.21 Å². The topological polar surface area (TPSA) is 57.8 Å². The third-order valence-corrected chi connectivity index (χ3v) is 6.36. The molecule has 3 aromatic carbocycles. The van der Waals surface area contributed by atoms with E-state index in [2.05, 4.69) is 29.1 Å². The lowest BCUT2D eigenvalue weighted by molar-refractivity contribution is 0.102. The first-order chi connectivity index (χ1) is 16.4. The minimum Gasteiger partial charge on any atom is -0.437 e. The van der Waals surface area contributed by atoms with Gasteiger partial charge in [-0.2, -0.15) is 0 Å². The van der Waals surface area contributed by atoms with Gasteiger partial charge < -0.3 is 14.6 Å². The Morgan fingerprint density at radius 2 is 1.76 bits per heavy atom. The monoisotopic (exact) mass is 493 g/mol. The number of halogens is 2. The Hall–Kier alpha value is -3.28. The number of hydrogen-bond donors (Lipinski definition) is 1. The Morgan fingerprint density at radius 1 is 1.00 bits per heavy atom. The molecule has 34 heavy (non-hydrogen) atoms. The molecule has 0 bridgehead atoms. The van der Waals surface area contributed by atoms with Crippen molar-refractivity contribution in [2.45, 2.75) is 20.8 Å². The predicted molar refractivity (Wildman–Crippen MR) is 141 cm³/mol. The predicted octanol–water partition coefficient (Wildman–Crippen LogP) is 7.38. The molecule has 4 rings (SSSR count). The minimum absolute atomic E-state index is 0.213. The van der Waals surface area contributed by atoms with Crippen molar-refractivity contribution in [3.8, 4) is 0 Å². The molecule has 7 heteroatoms. The standard InChI is InChI=1S/C27H25Cl2N3O2/c1-4-32(5-2)20-13-12-18-15-21(26(33)31-23-11-7-10-22(28)25(23)29)27(34-24(18)16-20)30-19-9-6-8-17(3)14-19/h6-16H,4-5H2,1-3H3,(H,31,33). The number of carbonyl (C=O) groups is 1. The number of rotatable bonds is 6. The molecule has 0 atom stereocenters. The molecule has 5 nitrogen and oxygen atoms in total. The Labute approximate surface area is 208 Å². The van der Waals surface area contributed by atoms with E-state index in [0.717, 1.165) is 29.7 Å². The number of hydrogen-bond acceptors (Lipinski definition) is 4. The van der Waals surface area contributed by atoms with E-state index in [4.69, 9.17) is 27.6 Å². The Balaban J connectivity index is 1.87. The normalized spacial score (nSPS) is 11.6. The van der Waals surface area contributed by atoms with E-state index in [-0.39, 0.29) is 10.6 Å². The van der Waals surface area contributed by atoms with Crippen LogP contribution in [-0.4, -0.2) is 19.0 Å². The maximum absolute atomic E-state index is 13.3. The molecular formula is C27H25Cl2N3O2. The summed E-state index contributed by atoms with van der Waals surface area (Å²) in [7, 11) is 0. The fraction of sp³-hybridized carbons (Fsp3) is 0.185. The van der Waals surface area contributed by atoms with Crippen molar-refractivity contribution in [1.82, 2.24) is 0 Å². The molecule has 0 radical (unpaired) electrons. The molecule has 0 spiro atoms. The second-order valence-corrected chi connectivity index (χ2v) is 8.65. The van der Waals surface area contributed by atoms with E-state index in [1.54, 1.807) is 24.3 Å². The average Bonchev–Trinajstić information content (AvgIpc) is 2.82. The van der Waals surface area contributed by atoms with Crippen molar-refractivity contribution in [3.05, 3.63) is 93.5 Å². The Morgan fingerprint density at radius 3 is 2.50 bits per heavy atom. The third-order valence-electron chi connectivity index (χ3n) is 5.54. The molecule has 1 N–H and O–H groups in total. The highest BCUT2D eigenvalue weighted by atomic mass is 35.5. The average molecular weight is 494 g/mol. The summed E-state index contributed by atoms with van der Waals surface area (Å²) in [6, 6.07) is 20.5. The molecule has 0 saturated heterocycles. The first kappa shape index (κ1) is 23.9. The first-order valence-corrected chi connectivity index (χ1v) is 11.8. The summed E-state index contributed by atoms with van der Waals surface area (Å²) in [5.74, 6) is -0.394. The molecule has 0 aliphatic carbocycles. The smallest absolute Gasteiger partial charge is 0.261 e. The van der Waals surface area contributed by atoms with E-state index < -0.39 is 5.91 Å². The SMILES string of the molecule is CCN(CC)c1ccc2cc(C(=O)Nc3cccc(Cl)c3Cl)c(=Nc3cccc(C)c3)oc2c1. The van der Waals surface area contributed by atoms with E-state index in [0.29, 0.717) is 27.5 Å². The van der Waals surface area contributed by atoms with Crippen LogP contribution in [0.2, 0.25) is 10.0 Å². The molecule has 4 aromatic rings. The maximum Gasteiger partial charge on any atom is 0.261 e. The van der Waals surface area contributed by atoms with Crippen molar-refractivity contribution in [3.63, 3.8) is 0 Å². The van der Waals surface area contributed by atoms with Gasteiger partial charge in [-0.05, 0) is 68.8 Å². The second kappa shape index (κ2) is 10.3. The van der Waals surface area contributed by atoms with Gasteiger partial charge >= 0.3 is 0 Å². The van der Waals surface area contributed by atoms with Crippen molar-refractivity contribution in [2.24, 2.45) is 4.99 Å². The Bertz CT molecular complexity index is 1430. The second-order valence-electron chi connectivity index (χ2n) is 7.87. The highest BCUT2D eigenvalue weighted by Gasteiger charge is 2.16. The molecule has 0 saturated carbocycles. The molecule has 0 unspecified atom stereocenters. The number of fused-ring (bicyclic) bond motifs is 1. The third kappa shape index (κ3) is 5.11. The van der Waals surface area contributed by atoms with Crippen LogP contribution in [0.3, 0.4) is 0 Å². The molecule has 0 aliphatic rings. The zero-order valence-corrected chi connectivity index (χ0v) is 20.7. The lowest BCUT2D eigenvalue weighted by Crippen LogP contribution is -2.23. The summed E-state index contributed by atoms with van der Waals surface area (Å²) in [6.45, 7) is 7.96. The minimum atomic E-state index is -0.394. The molecule has 0 aliphatic heterocycles. The quantitative estimate of drug-likeness (QED) is 0.304. The van der Waals surface area contributed by atoms with Gasteiger partial charge in [0.1, 0.15) is 11.1 Å². The van der Waals surface area contributed by atoms with Crippen LogP contribution in [0.25, 0.3) is 11.0 Å². The molecule has 174 valence electrons. The van der Waals surface area contributed by atoms with Gasteiger partial charge in [0.05, 0.1) is 21.4 Å². The van der Waals surface area contributed by atoms with Crippen molar-refractivity contribution >= 4 is 57.1 Å². The number of nitrogens with one attached hydrogen (secondary N) is 1. The van der Waals surface area contributed by atoms with Crippen LogP contribution >= 0.6 is 23.2 Å². The first-order valence-electron chi connectivity index (χ1n) is 11.1. The van der Waals surface area contributed by atoms with Crippen molar-refractivity contribution in [1.29, 1.82) is 0 Å². The summed E-state index contributed by atoms with van der Waals surface area (Å²) in [5, 5.41) is 4.26. The van der Waals surface area contributed by atoms with Crippen LogP contribution in [0.15, 0.2) is 76.1 Å². The highest BCUT2D eigenvalue weighted by Crippen LogP contribution is 2.30. The van der Waals surface area contributed by atoms with E-state index in [1.165, 1.54) is 0 Å². The van der Waals surface area contributed by atoms with Crippen LogP contribution < -0.4 is 15.8 Å². The van der Waals surface area contributed by atoms with Gasteiger partial charge in [0.25, 0.3) is 5.91 Å². The maximum atomic E-state index is 13.3. The van der Waals surface area contributed by atoms with Gasteiger partial charge in [0, 0.05) is 30.2 Å². The summed E-state index contributed by atoms with van der Waals surface area (Å²) >= 11 is 12.4. The van der Waals surface area contributed by atoms with Crippen LogP contribution in [0.1, 0.15) is 29.8 Å². The summed E-state index contributed by atoms with van der Waals surface area (Å²) in [6.07, 6.45) is 0. The zero-order valence-electron chi connectivity index (χ0n) is 19.2. The number of anilines is 2. The van der Waals surface area contributed by atoms with Gasteiger partial charge in [0.15, 0.2) is 0 Å². The summed E-state index contributed by atoms with van der Waals surface area (Å²) in [5.41, 5.74) is 4.36. The summed E-state index contributed by atoms with van der Waals surface area (Å²) in [4.78, 5) is 20.2. The van der Waals surface area contributed by atoms with Crippen LogP contribution in [-0.2, 0) is 0 Å².